The zero-order valence-electron chi connectivity index (χ0n) is 14.5. The van der Waals surface area contributed by atoms with Crippen molar-refractivity contribution in [3.63, 3.8) is 0 Å². The van der Waals surface area contributed by atoms with Crippen molar-refractivity contribution in [3.8, 4) is 17.3 Å². The highest BCUT2D eigenvalue weighted by Gasteiger charge is 2.27. The smallest absolute Gasteiger partial charge is 0.187 e. The molecule has 4 heterocycles. The molecule has 6 nitrogen and oxygen atoms in total. The fourth-order valence-electron chi connectivity index (χ4n) is 3.45. The molecule has 0 spiro atoms. The van der Waals surface area contributed by atoms with Crippen molar-refractivity contribution in [2.24, 2.45) is 0 Å². The number of benzene rings is 1. The molecule has 3 aromatic heterocycles. The second kappa shape index (κ2) is 6.59. The highest BCUT2D eigenvalue weighted by Crippen LogP contribution is 2.29. The van der Waals surface area contributed by atoms with Crippen LogP contribution in [0, 0.1) is 0 Å². The zero-order valence-corrected chi connectivity index (χ0v) is 14.5. The van der Waals surface area contributed by atoms with Crippen LogP contribution >= 0.6 is 0 Å². The van der Waals surface area contributed by atoms with E-state index in [0.29, 0.717) is 35.8 Å². The quantitative estimate of drug-likeness (QED) is 0.606. The third-order valence-corrected chi connectivity index (χ3v) is 4.85. The number of pyridine rings is 2. The van der Waals surface area contributed by atoms with Crippen LogP contribution in [0.5, 0.6) is 5.75 Å². The Hall–Kier alpha value is -3.06. The summed E-state index contributed by atoms with van der Waals surface area (Å²) in [5.41, 5.74) is 2.15. The van der Waals surface area contributed by atoms with Crippen LogP contribution in [-0.4, -0.2) is 44.9 Å². The van der Waals surface area contributed by atoms with Gasteiger partial charge in [0.1, 0.15) is 29.2 Å². The van der Waals surface area contributed by atoms with Gasteiger partial charge >= 0.3 is 0 Å². The van der Waals surface area contributed by atoms with E-state index in [1.54, 1.807) is 0 Å². The van der Waals surface area contributed by atoms with Crippen LogP contribution in [-0.2, 0) is 0 Å². The molecule has 0 amide bonds. The summed E-state index contributed by atoms with van der Waals surface area (Å²) >= 11 is 0. The van der Waals surface area contributed by atoms with Crippen LogP contribution in [0.25, 0.3) is 28.1 Å². The second-order valence-corrected chi connectivity index (χ2v) is 6.64. The van der Waals surface area contributed by atoms with Gasteiger partial charge in [-0.2, -0.15) is 0 Å². The summed E-state index contributed by atoms with van der Waals surface area (Å²) < 4.78 is 22.1. The predicted molar refractivity (Wildman–Crippen MR) is 101 cm³/mol. The molecule has 7 heteroatoms. The molecule has 27 heavy (non-hydrogen) atoms. The molecule has 1 unspecified atom stereocenters. The Balaban J connectivity index is 1.58. The molecular weight excluding hydrogens is 345 g/mol. The Kier molecular flexibility index (Phi) is 3.94. The van der Waals surface area contributed by atoms with Gasteiger partial charge in [-0.3, -0.25) is 4.40 Å². The Morgan fingerprint density at radius 3 is 2.96 bits per heavy atom. The molecule has 1 aromatic carbocycles. The Bertz CT molecular complexity index is 1110. The van der Waals surface area contributed by atoms with Crippen molar-refractivity contribution in [1.82, 2.24) is 24.9 Å². The highest BCUT2D eigenvalue weighted by atomic mass is 19.1. The van der Waals surface area contributed by atoms with E-state index in [2.05, 4.69) is 15.5 Å². The zero-order chi connectivity index (χ0) is 18.2. The topological polar surface area (TPSA) is 64.3 Å². The molecule has 1 aliphatic heterocycles. The summed E-state index contributed by atoms with van der Waals surface area (Å²) in [6.07, 6.45) is 1.04. The van der Waals surface area contributed by atoms with Crippen molar-refractivity contribution >= 4 is 16.6 Å². The fraction of sp³-hybridized carbons (Fsp3) is 0.250. The van der Waals surface area contributed by atoms with Crippen LogP contribution in [0.15, 0.2) is 54.7 Å². The third kappa shape index (κ3) is 2.90. The summed E-state index contributed by atoms with van der Waals surface area (Å²) in [4.78, 5) is 4.77. The normalized spacial score (nSPS) is 20.2. The van der Waals surface area contributed by atoms with Gasteiger partial charge in [0, 0.05) is 18.1 Å². The number of halogens is 1. The van der Waals surface area contributed by atoms with Gasteiger partial charge in [0.05, 0.1) is 0 Å². The van der Waals surface area contributed by atoms with Gasteiger partial charge in [-0.05, 0) is 37.2 Å². The van der Waals surface area contributed by atoms with E-state index >= 15 is 0 Å². The fourth-order valence-corrected chi connectivity index (χ4v) is 3.45. The number of ether oxygens (including phenoxy) is 1. The minimum atomic E-state index is -1.03. The SMILES string of the molecule is FC1CNCC[C@@H]1Oc1cccc2ccc(-c3nnc4ccccn34)nc12. The first-order valence-corrected chi connectivity index (χ1v) is 9.01. The molecular formula is C20H18FN5O. The summed E-state index contributed by atoms with van der Waals surface area (Å²) in [6.45, 7) is 1.07. The van der Waals surface area contributed by atoms with E-state index in [1.807, 2.05) is 59.1 Å². The summed E-state index contributed by atoms with van der Waals surface area (Å²) in [5.74, 6) is 1.25. The number of nitrogens with one attached hydrogen (secondary N) is 1. The van der Waals surface area contributed by atoms with E-state index < -0.39 is 12.3 Å². The van der Waals surface area contributed by atoms with Gasteiger partial charge < -0.3 is 10.1 Å². The van der Waals surface area contributed by atoms with Crippen molar-refractivity contribution in [1.29, 1.82) is 0 Å². The molecule has 0 aliphatic carbocycles. The Morgan fingerprint density at radius 1 is 1.07 bits per heavy atom. The molecule has 4 aromatic rings. The van der Waals surface area contributed by atoms with Crippen molar-refractivity contribution in [2.75, 3.05) is 13.1 Å². The average Bonchev–Trinajstić information content (AvgIpc) is 3.14. The molecule has 0 bridgehead atoms. The van der Waals surface area contributed by atoms with Crippen LogP contribution in [0.1, 0.15) is 6.42 Å². The first kappa shape index (κ1) is 16.1. The lowest BCUT2D eigenvalue weighted by Gasteiger charge is -2.27. The van der Waals surface area contributed by atoms with Crippen LogP contribution in [0.2, 0.25) is 0 Å². The van der Waals surface area contributed by atoms with Gasteiger partial charge in [-0.15, -0.1) is 10.2 Å². The minimum Gasteiger partial charge on any atom is -0.485 e. The third-order valence-electron chi connectivity index (χ3n) is 4.85. The number of para-hydroxylation sites is 1. The summed E-state index contributed by atoms with van der Waals surface area (Å²) in [7, 11) is 0. The van der Waals surface area contributed by atoms with Crippen LogP contribution < -0.4 is 10.1 Å². The van der Waals surface area contributed by atoms with Gasteiger partial charge in [-0.25, -0.2) is 9.37 Å². The van der Waals surface area contributed by atoms with Crippen molar-refractivity contribution in [3.05, 3.63) is 54.7 Å². The van der Waals surface area contributed by atoms with Crippen molar-refractivity contribution in [2.45, 2.75) is 18.7 Å². The van der Waals surface area contributed by atoms with Gasteiger partial charge in [0.15, 0.2) is 11.5 Å². The Morgan fingerprint density at radius 2 is 2.04 bits per heavy atom. The number of alkyl halides is 1. The monoisotopic (exact) mass is 363 g/mol. The van der Waals surface area contributed by atoms with Gasteiger partial charge in [0.2, 0.25) is 0 Å². The molecule has 1 aliphatic rings. The molecule has 1 saturated heterocycles. The highest BCUT2D eigenvalue weighted by molar-refractivity contribution is 5.86. The number of aromatic nitrogens is 4. The maximum absolute atomic E-state index is 14.2. The van der Waals surface area contributed by atoms with Gasteiger partial charge in [-0.1, -0.05) is 24.3 Å². The average molecular weight is 363 g/mol. The number of piperidine rings is 1. The number of rotatable bonds is 3. The molecule has 136 valence electrons. The molecule has 1 N–H and O–H groups in total. The second-order valence-electron chi connectivity index (χ2n) is 6.64. The maximum Gasteiger partial charge on any atom is 0.187 e. The molecule has 2 atom stereocenters. The first-order chi connectivity index (χ1) is 13.3. The molecule has 0 saturated carbocycles. The standard InChI is InChI=1S/C20H18FN5O/c21-14-12-22-10-9-16(14)27-17-5-3-4-13-7-8-15(23-19(13)17)20-25-24-18-6-1-2-11-26(18)20/h1-8,11,14,16,22H,9-10,12H2/t14?,16-/m0/s1. The largest absolute Gasteiger partial charge is 0.485 e. The van der Waals surface area contributed by atoms with E-state index in [0.717, 1.165) is 17.6 Å². The van der Waals surface area contributed by atoms with E-state index in [4.69, 9.17) is 9.72 Å². The molecule has 1 fully saturated rings. The molecule has 5 rings (SSSR count). The Labute approximate surface area is 155 Å². The lowest BCUT2D eigenvalue weighted by Crippen LogP contribution is -2.44. The van der Waals surface area contributed by atoms with E-state index in [-0.39, 0.29) is 0 Å². The first-order valence-electron chi connectivity index (χ1n) is 9.01. The number of hydrogen-bond acceptors (Lipinski definition) is 5. The lowest BCUT2D eigenvalue weighted by atomic mass is 10.1. The minimum absolute atomic E-state index is 0.319. The molecule has 0 radical (unpaired) electrons. The number of hydrogen-bond donors (Lipinski definition) is 1. The van der Waals surface area contributed by atoms with Crippen LogP contribution in [0.3, 0.4) is 0 Å². The van der Waals surface area contributed by atoms with Crippen molar-refractivity contribution < 1.29 is 9.13 Å². The summed E-state index contributed by atoms with van der Waals surface area (Å²) in [6, 6.07) is 15.3. The summed E-state index contributed by atoms with van der Waals surface area (Å²) in [5, 5.41) is 12.4. The van der Waals surface area contributed by atoms with Gasteiger partial charge in [0.25, 0.3) is 0 Å². The van der Waals surface area contributed by atoms with E-state index in [1.165, 1.54) is 0 Å². The number of nitrogens with zero attached hydrogens (tertiary/aromatic N) is 4. The maximum atomic E-state index is 14.2. The predicted octanol–water partition coefficient (Wildman–Crippen LogP) is 3.02. The lowest BCUT2D eigenvalue weighted by molar-refractivity contribution is 0.0742. The number of fused-ring (bicyclic) bond motifs is 2. The van der Waals surface area contributed by atoms with E-state index in [9.17, 15) is 4.39 Å². The van der Waals surface area contributed by atoms with Crippen LogP contribution in [0.4, 0.5) is 4.39 Å².